The topological polar surface area (TPSA) is 0 Å². The number of allylic oxidation sites excluding steroid dienone is 4. The van der Waals surface area contributed by atoms with Crippen molar-refractivity contribution >= 4 is 35.6 Å². The number of hydrogen-bond donors (Lipinski definition) is 0. The number of rotatable bonds is 0. The van der Waals surface area contributed by atoms with Crippen LogP contribution in [0.5, 0.6) is 0 Å². The smallest absolute Gasteiger partial charge is 0.0352 e. The monoisotopic (exact) mass is 226 g/mol. The van der Waals surface area contributed by atoms with Crippen molar-refractivity contribution in [3.05, 3.63) is 44.5 Å². The molecule has 0 aromatic carbocycles. The molecule has 0 amide bonds. The molecule has 1 aromatic heterocycles. The van der Waals surface area contributed by atoms with Gasteiger partial charge in [-0.05, 0) is 29.2 Å². The second-order valence-corrected chi connectivity index (χ2v) is 5.35. The van der Waals surface area contributed by atoms with Gasteiger partial charge >= 0.3 is 0 Å². The number of hydrogen-bond acceptors (Lipinski definition) is 1. The molecule has 1 atom stereocenters. The van der Waals surface area contributed by atoms with Crippen LogP contribution >= 0.6 is 11.3 Å². The minimum absolute atomic E-state index is 0.542. The number of fused-ring (bicyclic) bond motifs is 3. The van der Waals surface area contributed by atoms with Crippen molar-refractivity contribution in [3.8, 4) is 0 Å². The Bertz CT molecular complexity index is 609. The van der Waals surface area contributed by atoms with Crippen LogP contribution in [0.1, 0.15) is 23.8 Å². The Hall–Kier alpha value is -1.34. The van der Waals surface area contributed by atoms with Gasteiger partial charge in [0.2, 0.25) is 0 Å². The van der Waals surface area contributed by atoms with Gasteiger partial charge in [0.05, 0.1) is 0 Å². The molecule has 0 fully saturated rings. The van der Waals surface area contributed by atoms with Gasteiger partial charge in [0, 0.05) is 9.41 Å². The van der Waals surface area contributed by atoms with Crippen molar-refractivity contribution in [2.75, 3.05) is 0 Å². The summed E-state index contributed by atoms with van der Waals surface area (Å²) in [6.07, 6.45) is 19.1. The molecule has 2 aliphatic carbocycles. The van der Waals surface area contributed by atoms with E-state index < -0.39 is 0 Å². The van der Waals surface area contributed by atoms with Crippen LogP contribution in [0.15, 0.2) is 24.3 Å². The summed E-state index contributed by atoms with van der Waals surface area (Å²) in [6, 6.07) is 0. The molecule has 1 unspecified atom stereocenters. The summed E-state index contributed by atoms with van der Waals surface area (Å²) in [5, 5.41) is 1.39. The molecule has 16 heavy (non-hydrogen) atoms. The third kappa shape index (κ3) is 1.61. The van der Waals surface area contributed by atoms with E-state index in [1.807, 2.05) is 11.3 Å². The first-order valence-electron chi connectivity index (χ1n) is 5.71. The van der Waals surface area contributed by atoms with Crippen LogP contribution in [-0.2, 0) is 0 Å². The van der Waals surface area contributed by atoms with Gasteiger partial charge in [0.15, 0.2) is 0 Å². The lowest BCUT2D eigenvalue weighted by molar-refractivity contribution is 0.954. The van der Waals surface area contributed by atoms with Crippen molar-refractivity contribution in [3.63, 3.8) is 0 Å². The molecule has 0 bridgehead atoms. The average Bonchev–Trinajstić information content (AvgIpc) is 2.48. The van der Waals surface area contributed by atoms with Crippen molar-refractivity contribution in [2.45, 2.75) is 13.3 Å². The Labute approximate surface area is 99.6 Å². The van der Waals surface area contributed by atoms with Crippen LogP contribution in [0.2, 0.25) is 0 Å². The van der Waals surface area contributed by atoms with E-state index in [0.29, 0.717) is 5.92 Å². The van der Waals surface area contributed by atoms with Gasteiger partial charge in [0.1, 0.15) is 0 Å². The van der Waals surface area contributed by atoms with Gasteiger partial charge in [0.25, 0.3) is 0 Å². The molecule has 1 heteroatoms. The third-order valence-electron chi connectivity index (χ3n) is 3.00. The molecule has 1 aromatic rings. The molecule has 0 saturated heterocycles. The largest absolute Gasteiger partial charge is 0.136 e. The second kappa shape index (κ2) is 3.91. The van der Waals surface area contributed by atoms with Crippen LogP contribution in [0.25, 0.3) is 24.3 Å². The summed E-state index contributed by atoms with van der Waals surface area (Å²) in [6.45, 7) is 2.22. The summed E-state index contributed by atoms with van der Waals surface area (Å²) in [5.41, 5.74) is 1.39. The van der Waals surface area contributed by atoms with Crippen LogP contribution in [0, 0.1) is 5.92 Å². The SMILES string of the molecule is CC1C=Cc2sc3c(c2C=C1)=CC=CCC=3. The molecule has 0 nitrogen and oxygen atoms in total. The molecule has 0 spiro atoms. The zero-order valence-electron chi connectivity index (χ0n) is 9.31. The first-order chi connectivity index (χ1) is 7.84. The Morgan fingerprint density at radius 3 is 3.06 bits per heavy atom. The van der Waals surface area contributed by atoms with Crippen molar-refractivity contribution in [2.24, 2.45) is 5.92 Å². The van der Waals surface area contributed by atoms with E-state index in [1.165, 1.54) is 20.2 Å². The van der Waals surface area contributed by atoms with Crippen molar-refractivity contribution in [1.82, 2.24) is 0 Å². The zero-order valence-corrected chi connectivity index (χ0v) is 10.1. The van der Waals surface area contributed by atoms with E-state index in [4.69, 9.17) is 0 Å². The Kier molecular flexibility index (Phi) is 2.41. The lowest BCUT2D eigenvalue weighted by Gasteiger charge is -1.91. The maximum absolute atomic E-state index is 2.32. The fraction of sp³-hybridized carbons (Fsp3) is 0.200. The molecule has 80 valence electrons. The maximum Gasteiger partial charge on any atom is 0.0352 e. The molecular formula is C15H14S. The lowest BCUT2D eigenvalue weighted by Crippen LogP contribution is -2.19. The minimum Gasteiger partial charge on any atom is -0.136 e. The van der Waals surface area contributed by atoms with Gasteiger partial charge in [-0.3, -0.25) is 0 Å². The van der Waals surface area contributed by atoms with E-state index in [2.05, 4.69) is 55.5 Å². The van der Waals surface area contributed by atoms with E-state index in [0.717, 1.165) is 6.42 Å². The van der Waals surface area contributed by atoms with Gasteiger partial charge < -0.3 is 0 Å². The Morgan fingerprint density at radius 1 is 1.25 bits per heavy atom. The fourth-order valence-electron chi connectivity index (χ4n) is 2.08. The summed E-state index contributed by atoms with van der Waals surface area (Å²) >= 11 is 1.90. The molecule has 0 radical (unpaired) electrons. The first-order valence-corrected chi connectivity index (χ1v) is 6.52. The molecule has 3 rings (SSSR count). The van der Waals surface area contributed by atoms with E-state index >= 15 is 0 Å². The molecule has 0 N–H and O–H groups in total. The van der Waals surface area contributed by atoms with Gasteiger partial charge in [-0.2, -0.15) is 0 Å². The third-order valence-corrected chi connectivity index (χ3v) is 4.18. The number of thiophene rings is 1. The molecular weight excluding hydrogens is 212 g/mol. The predicted octanol–water partition coefficient (Wildman–Crippen LogP) is 2.95. The maximum atomic E-state index is 2.32. The Balaban J connectivity index is 2.33. The quantitative estimate of drug-likeness (QED) is 0.638. The van der Waals surface area contributed by atoms with E-state index in [-0.39, 0.29) is 0 Å². The highest BCUT2D eigenvalue weighted by Crippen LogP contribution is 2.19. The van der Waals surface area contributed by atoms with Gasteiger partial charge in [-0.15, -0.1) is 11.3 Å². The Morgan fingerprint density at radius 2 is 2.12 bits per heavy atom. The van der Waals surface area contributed by atoms with Crippen LogP contribution in [-0.4, -0.2) is 0 Å². The second-order valence-electron chi connectivity index (χ2n) is 4.27. The summed E-state index contributed by atoms with van der Waals surface area (Å²) in [5.74, 6) is 0.542. The fourth-order valence-corrected chi connectivity index (χ4v) is 3.22. The molecule has 0 aliphatic heterocycles. The molecule has 2 aliphatic rings. The van der Waals surface area contributed by atoms with Gasteiger partial charge in [-0.1, -0.05) is 49.5 Å². The summed E-state index contributed by atoms with van der Waals surface area (Å²) in [7, 11) is 0. The highest BCUT2D eigenvalue weighted by molar-refractivity contribution is 7.11. The van der Waals surface area contributed by atoms with E-state index in [9.17, 15) is 0 Å². The van der Waals surface area contributed by atoms with E-state index in [1.54, 1.807) is 0 Å². The van der Waals surface area contributed by atoms with Gasteiger partial charge in [-0.25, -0.2) is 0 Å². The van der Waals surface area contributed by atoms with Crippen molar-refractivity contribution in [1.29, 1.82) is 0 Å². The highest BCUT2D eigenvalue weighted by Gasteiger charge is 2.08. The van der Waals surface area contributed by atoms with Crippen LogP contribution < -0.4 is 9.75 Å². The van der Waals surface area contributed by atoms with Crippen LogP contribution in [0.4, 0.5) is 0 Å². The predicted molar refractivity (Wildman–Crippen MR) is 73.5 cm³/mol. The summed E-state index contributed by atoms with van der Waals surface area (Å²) < 4.78 is 1.42. The van der Waals surface area contributed by atoms with Crippen molar-refractivity contribution < 1.29 is 0 Å². The zero-order chi connectivity index (χ0) is 11.0. The summed E-state index contributed by atoms with van der Waals surface area (Å²) in [4.78, 5) is 1.40. The molecule has 1 heterocycles. The van der Waals surface area contributed by atoms with Crippen LogP contribution in [0.3, 0.4) is 0 Å². The minimum atomic E-state index is 0.542. The standard InChI is InChI=1S/C15H14S/c1-11-7-9-13-12-5-3-2-4-6-14(12)16-15(13)10-8-11/h2-3,5-11H,4H2,1H3. The highest BCUT2D eigenvalue weighted by atomic mass is 32.1. The first kappa shape index (κ1) is 9.86. The normalized spacial score (nSPS) is 21.4. The molecule has 0 saturated carbocycles. The lowest BCUT2D eigenvalue weighted by atomic mass is 10.1. The average molecular weight is 226 g/mol.